The molecule has 0 N–H and O–H groups in total. The van der Waals surface area contributed by atoms with Crippen molar-refractivity contribution in [2.75, 3.05) is 13.1 Å². The summed E-state index contributed by atoms with van der Waals surface area (Å²) >= 11 is 0. The molecule has 8 nitrogen and oxygen atoms in total. The molecule has 0 aromatic carbocycles. The summed E-state index contributed by atoms with van der Waals surface area (Å²) in [7, 11) is 0. The largest absolute Gasteiger partial charge is 0.341 e. The maximum absolute atomic E-state index is 13.6. The number of nitrogens with zero attached hydrogens (tertiary/aromatic N) is 5. The van der Waals surface area contributed by atoms with Crippen LogP contribution in [-0.4, -0.2) is 61.6 Å². The zero-order valence-corrected chi connectivity index (χ0v) is 17.8. The molecule has 0 unspecified atom stereocenters. The molecule has 0 saturated carbocycles. The lowest BCUT2D eigenvalue weighted by molar-refractivity contribution is -0.153. The number of aromatic nitrogens is 3. The summed E-state index contributed by atoms with van der Waals surface area (Å²) in [5, 5.41) is 7.89. The first-order valence-electron chi connectivity index (χ1n) is 11.1. The average molecular weight is 414 g/mol. The number of piperidine rings is 1. The fourth-order valence-corrected chi connectivity index (χ4v) is 5.12. The molecule has 3 aliphatic rings. The van der Waals surface area contributed by atoms with Crippen LogP contribution in [0.15, 0.2) is 24.5 Å². The van der Waals surface area contributed by atoms with Crippen LogP contribution in [0.3, 0.4) is 0 Å². The molecule has 4 rings (SSSR count). The summed E-state index contributed by atoms with van der Waals surface area (Å²) in [4.78, 5) is 43.0. The highest BCUT2D eigenvalue weighted by molar-refractivity contribution is 6.08. The van der Waals surface area contributed by atoms with Crippen LogP contribution in [0.4, 0.5) is 0 Å². The number of fused-ring (bicyclic) bond motifs is 1. The highest BCUT2D eigenvalue weighted by atomic mass is 16.2. The molecule has 3 amide bonds. The van der Waals surface area contributed by atoms with E-state index in [-0.39, 0.29) is 35.5 Å². The van der Waals surface area contributed by atoms with Gasteiger partial charge in [0.05, 0.1) is 18.0 Å². The van der Waals surface area contributed by atoms with Gasteiger partial charge in [0.2, 0.25) is 17.7 Å². The summed E-state index contributed by atoms with van der Waals surface area (Å²) in [5.74, 6) is -0.510. The smallest absolute Gasteiger partial charge is 0.245 e. The molecule has 0 radical (unpaired) electrons. The minimum Gasteiger partial charge on any atom is -0.341 e. The van der Waals surface area contributed by atoms with Gasteiger partial charge in [-0.25, -0.2) is 0 Å². The number of carbonyl (C=O) groups excluding carboxylic acids is 3. The van der Waals surface area contributed by atoms with E-state index in [1.807, 2.05) is 37.1 Å². The SMILES string of the molecule is CC(C)C[C@H](C(=O)N1CCC[C@H](Cn2ccnn2)C1)N1C(=O)[C@H]2CC=CC[C@@H]2C1=O. The Kier molecular flexibility index (Phi) is 6.01. The molecule has 8 heteroatoms. The van der Waals surface area contributed by atoms with Crippen molar-refractivity contribution in [3.63, 3.8) is 0 Å². The quantitative estimate of drug-likeness (QED) is 0.525. The van der Waals surface area contributed by atoms with Gasteiger partial charge in [0.25, 0.3) is 0 Å². The van der Waals surface area contributed by atoms with Crippen LogP contribution >= 0.6 is 0 Å². The predicted octanol–water partition coefficient (Wildman–Crippen LogP) is 1.88. The Morgan fingerprint density at radius 2 is 1.87 bits per heavy atom. The van der Waals surface area contributed by atoms with Gasteiger partial charge in [-0.2, -0.15) is 0 Å². The van der Waals surface area contributed by atoms with Crippen molar-refractivity contribution in [2.24, 2.45) is 23.7 Å². The van der Waals surface area contributed by atoms with Crippen molar-refractivity contribution in [1.29, 1.82) is 0 Å². The molecule has 4 atom stereocenters. The number of hydrogen-bond acceptors (Lipinski definition) is 5. The minimum absolute atomic E-state index is 0.0831. The normalized spacial score (nSPS) is 27.6. The van der Waals surface area contributed by atoms with Crippen molar-refractivity contribution < 1.29 is 14.4 Å². The van der Waals surface area contributed by atoms with Crippen LogP contribution in [0.2, 0.25) is 0 Å². The molecule has 0 spiro atoms. The van der Waals surface area contributed by atoms with E-state index in [4.69, 9.17) is 0 Å². The van der Waals surface area contributed by atoms with Crippen molar-refractivity contribution >= 4 is 17.7 Å². The van der Waals surface area contributed by atoms with Gasteiger partial charge in [-0.1, -0.05) is 31.2 Å². The molecule has 3 heterocycles. The zero-order valence-electron chi connectivity index (χ0n) is 17.8. The predicted molar refractivity (Wildman–Crippen MR) is 110 cm³/mol. The lowest BCUT2D eigenvalue weighted by atomic mass is 9.85. The molecular formula is C22H31N5O3. The van der Waals surface area contributed by atoms with E-state index in [1.54, 1.807) is 10.9 Å². The van der Waals surface area contributed by atoms with Gasteiger partial charge in [0, 0.05) is 25.8 Å². The van der Waals surface area contributed by atoms with Gasteiger partial charge >= 0.3 is 0 Å². The number of amides is 3. The third-order valence-electron chi connectivity index (χ3n) is 6.58. The van der Waals surface area contributed by atoms with Gasteiger partial charge in [-0.05, 0) is 43.9 Å². The second kappa shape index (κ2) is 8.70. The van der Waals surface area contributed by atoms with Gasteiger partial charge in [0.1, 0.15) is 6.04 Å². The number of allylic oxidation sites excluding steroid dienone is 2. The highest BCUT2D eigenvalue weighted by Crippen LogP contribution is 2.37. The third-order valence-corrected chi connectivity index (χ3v) is 6.58. The van der Waals surface area contributed by atoms with E-state index < -0.39 is 6.04 Å². The first kappa shape index (κ1) is 20.8. The number of likely N-dealkylation sites (tertiary alicyclic amines) is 2. The first-order chi connectivity index (χ1) is 14.5. The molecule has 1 aromatic heterocycles. The van der Waals surface area contributed by atoms with Gasteiger partial charge in [0.15, 0.2) is 0 Å². The second-order valence-corrected chi connectivity index (χ2v) is 9.27. The highest BCUT2D eigenvalue weighted by Gasteiger charge is 2.51. The Morgan fingerprint density at radius 3 is 2.47 bits per heavy atom. The summed E-state index contributed by atoms with van der Waals surface area (Å²) in [6.45, 7) is 6.08. The lowest BCUT2D eigenvalue weighted by Crippen LogP contribution is -2.54. The fourth-order valence-electron chi connectivity index (χ4n) is 5.12. The number of hydrogen-bond donors (Lipinski definition) is 0. The Morgan fingerprint density at radius 1 is 1.17 bits per heavy atom. The average Bonchev–Trinajstić information content (AvgIpc) is 3.33. The van der Waals surface area contributed by atoms with Crippen LogP contribution in [0.25, 0.3) is 0 Å². The number of carbonyl (C=O) groups is 3. The Hall–Kier alpha value is -2.51. The van der Waals surface area contributed by atoms with Crippen LogP contribution in [0.5, 0.6) is 0 Å². The molecule has 1 aliphatic carbocycles. The monoisotopic (exact) mass is 413 g/mol. The van der Waals surface area contributed by atoms with Crippen LogP contribution in [0, 0.1) is 23.7 Å². The van der Waals surface area contributed by atoms with Crippen molar-refractivity contribution in [2.45, 2.75) is 58.5 Å². The van der Waals surface area contributed by atoms with Crippen LogP contribution < -0.4 is 0 Å². The van der Waals surface area contributed by atoms with Crippen molar-refractivity contribution in [3.8, 4) is 0 Å². The molecule has 2 saturated heterocycles. The summed E-state index contributed by atoms with van der Waals surface area (Å²) in [6, 6.07) is -0.694. The summed E-state index contributed by atoms with van der Waals surface area (Å²) in [6.07, 6.45) is 11.1. The molecule has 0 bridgehead atoms. The molecule has 30 heavy (non-hydrogen) atoms. The zero-order chi connectivity index (χ0) is 21.3. The van der Waals surface area contributed by atoms with E-state index in [0.717, 1.165) is 19.4 Å². The summed E-state index contributed by atoms with van der Waals surface area (Å²) < 4.78 is 1.80. The van der Waals surface area contributed by atoms with E-state index in [2.05, 4.69) is 10.3 Å². The molecule has 1 aromatic rings. The number of imide groups is 1. The maximum Gasteiger partial charge on any atom is 0.245 e. The van der Waals surface area contributed by atoms with E-state index in [1.165, 1.54) is 4.90 Å². The Balaban J connectivity index is 1.51. The Bertz CT molecular complexity index is 793. The van der Waals surface area contributed by atoms with E-state index in [9.17, 15) is 14.4 Å². The molecule has 162 valence electrons. The fraction of sp³-hybridized carbons (Fsp3) is 0.682. The van der Waals surface area contributed by atoms with E-state index >= 15 is 0 Å². The van der Waals surface area contributed by atoms with Crippen LogP contribution in [-0.2, 0) is 20.9 Å². The topological polar surface area (TPSA) is 88.4 Å². The van der Waals surface area contributed by atoms with Gasteiger partial charge in [-0.3, -0.25) is 24.0 Å². The first-order valence-corrected chi connectivity index (χ1v) is 11.1. The standard InChI is InChI=1S/C22H31N5O3/c1-15(2)12-19(27-20(28)17-7-3-4-8-18(17)21(27)29)22(30)25-10-5-6-16(13-25)14-26-11-9-23-24-26/h3-4,9,11,15-19H,5-8,10,12-14H2,1-2H3/t16-,17-,18-,19+/m0/s1. The van der Waals surface area contributed by atoms with Crippen molar-refractivity contribution in [1.82, 2.24) is 24.8 Å². The summed E-state index contributed by atoms with van der Waals surface area (Å²) in [5.41, 5.74) is 0. The molecule has 2 aliphatic heterocycles. The van der Waals surface area contributed by atoms with Crippen molar-refractivity contribution in [3.05, 3.63) is 24.5 Å². The van der Waals surface area contributed by atoms with Gasteiger partial charge < -0.3 is 4.90 Å². The molecule has 2 fully saturated rings. The number of rotatable bonds is 6. The second-order valence-electron chi connectivity index (χ2n) is 9.27. The lowest BCUT2D eigenvalue weighted by Gasteiger charge is -2.37. The van der Waals surface area contributed by atoms with Crippen LogP contribution in [0.1, 0.15) is 46.0 Å². The molecular weight excluding hydrogens is 382 g/mol. The minimum atomic E-state index is -0.694. The Labute approximate surface area is 177 Å². The van der Waals surface area contributed by atoms with Gasteiger partial charge in [-0.15, -0.1) is 5.10 Å². The maximum atomic E-state index is 13.6. The van der Waals surface area contributed by atoms with E-state index in [0.29, 0.717) is 38.3 Å². The third kappa shape index (κ3) is 4.04.